The molecule has 0 spiro atoms. The van der Waals surface area contributed by atoms with Gasteiger partial charge in [-0.3, -0.25) is 4.68 Å². The number of nitrogens with one attached hydrogen (secondary N) is 1. The van der Waals surface area contributed by atoms with Crippen LogP contribution in [0.1, 0.15) is 22.6 Å². The van der Waals surface area contributed by atoms with Gasteiger partial charge >= 0.3 is 0 Å². The highest BCUT2D eigenvalue weighted by Crippen LogP contribution is 2.24. The molecule has 3 heteroatoms. The van der Waals surface area contributed by atoms with Gasteiger partial charge in [-0.1, -0.05) is 18.2 Å². The topological polar surface area (TPSA) is 21.9 Å². The van der Waals surface area contributed by atoms with Crippen LogP contribution < -0.4 is 5.43 Å². The van der Waals surface area contributed by atoms with Crippen LogP contribution in [0.15, 0.2) is 36.4 Å². The summed E-state index contributed by atoms with van der Waals surface area (Å²) in [7, 11) is 2.14. The molecule has 3 nitrogen and oxygen atoms in total. The van der Waals surface area contributed by atoms with E-state index in [0.29, 0.717) is 0 Å². The molecule has 0 fully saturated rings. The van der Waals surface area contributed by atoms with E-state index in [0.717, 1.165) is 6.54 Å². The number of para-hydroxylation sites is 1. The minimum Gasteiger partial charge on any atom is -0.346 e. The number of hydrogen-bond donors (Lipinski definition) is 1. The highest BCUT2D eigenvalue weighted by molar-refractivity contribution is 5.85. The lowest BCUT2D eigenvalue weighted by molar-refractivity contribution is 0.751. The number of aromatic nitrogens is 2. The second-order valence-electron chi connectivity index (χ2n) is 5.43. The third-order valence-corrected chi connectivity index (χ3v) is 4.18. The van der Waals surface area contributed by atoms with Gasteiger partial charge in [0.1, 0.15) is 0 Å². The molecule has 0 saturated carbocycles. The molecule has 0 unspecified atom stereocenters. The Morgan fingerprint density at radius 3 is 2.25 bits per heavy atom. The van der Waals surface area contributed by atoms with E-state index < -0.39 is 0 Å². The van der Waals surface area contributed by atoms with E-state index in [9.17, 15) is 0 Å². The largest absolute Gasteiger partial charge is 0.346 e. The summed E-state index contributed by atoms with van der Waals surface area (Å²) in [5.74, 6) is 0. The molecule has 0 aliphatic rings. The van der Waals surface area contributed by atoms with Crippen LogP contribution >= 0.6 is 0 Å². The molecule has 3 rings (SSSR count). The molecule has 0 amide bonds. The van der Waals surface area contributed by atoms with Crippen LogP contribution in [-0.2, 0) is 13.6 Å². The van der Waals surface area contributed by atoms with Crippen LogP contribution in [0.3, 0.4) is 0 Å². The van der Waals surface area contributed by atoms with Crippen molar-refractivity contribution in [2.24, 2.45) is 7.05 Å². The summed E-state index contributed by atoms with van der Waals surface area (Å²) in [6, 6.07) is 12.8. The van der Waals surface area contributed by atoms with Crippen molar-refractivity contribution in [2.75, 3.05) is 5.43 Å². The minimum atomic E-state index is 0.827. The van der Waals surface area contributed by atoms with Gasteiger partial charge in [0.2, 0.25) is 0 Å². The lowest BCUT2D eigenvalue weighted by atomic mass is 10.1. The first-order chi connectivity index (χ1) is 9.59. The maximum atomic E-state index is 3.52. The van der Waals surface area contributed by atoms with E-state index in [1.807, 2.05) is 0 Å². The minimum absolute atomic E-state index is 0.827. The monoisotopic (exact) mass is 267 g/mol. The molecule has 1 N–H and O–H groups in total. The Balaban J connectivity index is 1.96. The van der Waals surface area contributed by atoms with Gasteiger partial charge in [0.05, 0.1) is 6.54 Å². The smallest absolute Gasteiger partial charge is 0.0719 e. The van der Waals surface area contributed by atoms with Crippen LogP contribution in [-0.4, -0.2) is 9.24 Å². The molecule has 104 valence electrons. The SMILES string of the molecule is Cc1c(CNn2c(C)ccc2C)n(C)c2ccccc12. The molecule has 20 heavy (non-hydrogen) atoms. The Hall–Kier alpha value is -2.16. The van der Waals surface area contributed by atoms with Crippen molar-refractivity contribution in [1.29, 1.82) is 0 Å². The molecule has 0 atom stereocenters. The van der Waals surface area contributed by atoms with Crippen molar-refractivity contribution in [1.82, 2.24) is 9.24 Å². The number of rotatable bonds is 3. The second-order valence-corrected chi connectivity index (χ2v) is 5.43. The first kappa shape index (κ1) is 12.9. The van der Waals surface area contributed by atoms with Crippen LogP contribution in [0.5, 0.6) is 0 Å². The first-order valence-electron chi connectivity index (χ1n) is 7.01. The summed E-state index contributed by atoms with van der Waals surface area (Å²) < 4.78 is 4.43. The van der Waals surface area contributed by atoms with Gasteiger partial charge < -0.3 is 9.99 Å². The highest BCUT2D eigenvalue weighted by atomic mass is 15.4. The molecule has 1 aromatic carbocycles. The standard InChI is InChI=1S/C17H21N3/c1-12-9-10-13(2)20(12)18-11-17-14(3)15-7-5-6-8-16(15)19(17)4/h5-10,18H,11H2,1-4H3. The van der Waals surface area contributed by atoms with Gasteiger partial charge in [0.15, 0.2) is 0 Å². The molecular weight excluding hydrogens is 246 g/mol. The molecule has 0 aliphatic heterocycles. The number of nitrogens with zero attached hydrogens (tertiary/aromatic N) is 2. The molecule has 0 saturated heterocycles. The Labute approximate surface area is 119 Å². The van der Waals surface area contributed by atoms with E-state index in [2.05, 4.69) is 78.9 Å². The van der Waals surface area contributed by atoms with Crippen LogP contribution in [0, 0.1) is 20.8 Å². The van der Waals surface area contributed by atoms with Crippen molar-refractivity contribution >= 4 is 10.9 Å². The summed E-state index contributed by atoms with van der Waals surface area (Å²) in [4.78, 5) is 0. The summed E-state index contributed by atoms with van der Waals surface area (Å²) in [6.07, 6.45) is 0. The number of fused-ring (bicyclic) bond motifs is 1. The number of benzene rings is 1. The van der Waals surface area contributed by atoms with Gasteiger partial charge in [-0.25, -0.2) is 0 Å². The van der Waals surface area contributed by atoms with Crippen molar-refractivity contribution in [2.45, 2.75) is 27.3 Å². The summed E-state index contributed by atoms with van der Waals surface area (Å²) >= 11 is 0. The van der Waals surface area contributed by atoms with Gasteiger partial charge in [-0.05, 0) is 44.5 Å². The molecule has 0 aliphatic carbocycles. The van der Waals surface area contributed by atoms with Crippen LogP contribution in [0.4, 0.5) is 0 Å². The van der Waals surface area contributed by atoms with Crippen molar-refractivity contribution in [3.8, 4) is 0 Å². The van der Waals surface area contributed by atoms with Crippen molar-refractivity contribution < 1.29 is 0 Å². The third-order valence-electron chi connectivity index (χ3n) is 4.18. The van der Waals surface area contributed by atoms with Gasteiger partial charge in [-0.15, -0.1) is 0 Å². The summed E-state index contributed by atoms with van der Waals surface area (Å²) in [5.41, 5.74) is 9.97. The number of aryl methyl sites for hydroxylation is 4. The van der Waals surface area contributed by atoms with E-state index in [-0.39, 0.29) is 0 Å². The lowest BCUT2D eigenvalue weighted by Gasteiger charge is -2.14. The van der Waals surface area contributed by atoms with Crippen LogP contribution in [0.25, 0.3) is 10.9 Å². The summed E-state index contributed by atoms with van der Waals surface area (Å²) in [5, 5.41) is 1.34. The molecule has 2 aromatic heterocycles. The van der Waals surface area contributed by atoms with Crippen molar-refractivity contribution in [3.05, 3.63) is 59.0 Å². The zero-order chi connectivity index (χ0) is 14.3. The molecular formula is C17H21N3. The van der Waals surface area contributed by atoms with Gasteiger partial charge in [0.25, 0.3) is 0 Å². The Morgan fingerprint density at radius 1 is 0.950 bits per heavy atom. The van der Waals surface area contributed by atoms with Crippen LogP contribution in [0.2, 0.25) is 0 Å². The van der Waals surface area contributed by atoms with E-state index in [1.165, 1.54) is 33.5 Å². The Morgan fingerprint density at radius 2 is 1.60 bits per heavy atom. The fourth-order valence-corrected chi connectivity index (χ4v) is 2.96. The van der Waals surface area contributed by atoms with E-state index in [1.54, 1.807) is 0 Å². The molecule has 0 radical (unpaired) electrons. The molecule has 0 bridgehead atoms. The van der Waals surface area contributed by atoms with Gasteiger partial charge in [0, 0.05) is 35.0 Å². The molecule has 2 heterocycles. The maximum absolute atomic E-state index is 3.52. The van der Waals surface area contributed by atoms with E-state index >= 15 is 0 Å². The van der Waals surface area contributed by atoms with Gasteiger partial charge in [-0.2, -0.15) is 0 Å². The summed E-state index contributed by atoms with van der Waals surface area (Å²) in [6.45, 7) is 7.27. The zero-order valence-corrected chi connectivity index (χ0v) is 12.6. The second kappa shape index (κ2) is 4.75. The fraction of sp³-hybridized carbons (Fsp3) is 0.294. The quantitative estimate of drug-likeness (QED) is 0.768. The Kier molecular flexibility index (Phi) is 3.05. The number of hydrogen-bond acceptors (Lipinski definition) is 1. The zero-order valence-electron chi connectivity index (χ0n) is 12.6. The predicted octanol–water partition coefficient (Wildman–Crippen LogP) is 3.65. The average molecular weight is 267 g/mol. The van der Waals surface area contributed by atoms with Crippen molar-refractivity contribution in [3.63, 3.8) is 0 Å². The highest BCUT2D eigenvalue weighted by Gasteiger charge is 2.11. The predicted molar refractivity (Wildman–Crippen MR) is 84.6 cm³/mol. The maximum Gasteiger partial charge on any atom is 0.0719 e. The van der Waals surface area contributed by atoms with E-state index in [4.69, 9.17) is 0 Å². The fourth-order valence-electron chi connectivity index (χ4n) is 2.96. The first-order valence-corrected chi connectivity index (χ1v) is 7.01. The third kappa shape index (κ3) is 1.90. The normalized spacial score (nSPS) is 11.2. The Bertz CT molecular complexity index is 703. The molecule has 3 aromatic rings. The average Bonchev–Trinajstić information content (AvgIpc) is 2.89. The lowest BCUT2D eigenvalue weighted by Crippen LogP contribution is -2.18.